The lowest BCUT2D eigenvalue weighted by Crippen LogP contribution is -2.54. The SMILES string of the molecule is COc1cc(/C=C2\C(=O)NC(=O)N(c3ccc(OCc4ccccc4)cc3)C2=O)ccc1OCc1ccc(C)cc1. The van der Waals surface area contributed by atoms with Crippen LogP contribution in [0.1, 0.15) is 22.3 Å². The zero-order chi connectivity index (χ0) is 28.8. The molecule has 0 aromatic heterocycles. The maximum absolute atomic E-state index is 13.3. The summed E-state index contributed by atoms with van der Waals surface area (Å²) in [5.74, 6) is 0.00867. The quantitative estimate of drug-likeness (QED) is 0.209. The van der Waals surface area contributed by atoms with Gasteiger partial charge in [-0.3, -0.25) is 14.9 Å². The molecule has 0 bridgehead atoms. The van der Waals surface area contributed by atoms with Gasteiger partial charge in [0.05, 0.1) is 12.8 Å². The summed E-state index contributed by atoms with van der Waals surface area (Å²) in [7, 11) is 1.51. The van der Waals surface area contributed by atoms with Crippen molar-refractivity contribution in [2.24, 2.45) is 0 Å². The standard InChI is InChI=1S/C33H28N2O6/c1-22-8-10-24(11-9-22)21-41-29-17-12-25(19-30(29)39-2)18-28-31(36)34-33(38)35(32(28)37)26-13-15-27(16-14-26)40-20-23-6-4-3-5-7-23/h3-19H,20-21H2,1-2H3,(H,34,36,38)/b28-18+. The minimum Gasteiger partial charge on any atom is -0.493 e. The van der Waals surface area contributed by atoms with E-state index in [1.807, 2.05) is 61.5 Å². The van der Waals surface area contributed by atoms with Crippen LogP contribution in [-0.2, 0) is 22.8 Å². The molecule has 0 radical (unpaired) electrons. The third-order valence-corrected chi connectivity index (χ3v) is 6.46. The maximum Gasteiger partial charge on any atom is 0.335 e. The van der Waals surface area contributed by atoms with E-state index in [1.54, 1.807) is 42.5 Å². The first-order chi connectivity index (χ1) is 19.9. The Hall–Kier alpha value is -5.37. The van der Waals surface area contributed by atoms with E-state index < -0.39 is 17.8 Å². The van der Waals surface area contributed by atoms with Crippen LogP contribution in [0.2, 0.25) is 0 Å². The van der Waals surface area contributed by atoms with Crippen molar-refractivity contribution in [1.82, 2.24) is 5.32 Å². The lowest BCUT2D eigenvalue weighted by molar-refractivity contribution is -0.122. The number of carbonyl (C=O) groups excluding carboxylic acids is 3. The highest BCUT2D eigenvalue weighted by Crippen LogP contribution is 2.31. The van der Waals surface area contributed by atoms with Crippen LogP contribution >= 0.6 is 0 Å². The van der Waals surface area contributed by atoms with Crippen LogP contribution in [0.15, 0.2) is 103 Å². The van der Waals surface area contributed by atoms with Crippen LogP contribution in [0.5, 0.6) is 17.2 Å². The fraction of sp³-hybridized carbons (Fsp3) is 0.121. The van der Waals surface area contributed by atoms with Gasteiger partial charge in [-0.2, -0.15) is 0 Å². The summed E-state index contributed by atoms with van der Waals surface area (Å²) in [5, 5.41) is 2.24. The second kappa shape index (κ2) is 12.2. The summed E-state index contributed by atoms with van der Waals surface area (Å²) in [6.45, 7) is 2.75. The van der Waals surface area contributed by atoms with Crippen molar-refractivity contribution in [3.63, 3.8) is 0 Å². The Morgan fingerprint density at radius 2 is 1.44 bits per heavy atom. The number of hydrogen-bond acceptors (Lipinski definition) is 6. The van der Waals surface area contributed by atoms with Gasteiger partial charge in [-0.05, 0) is 66.1 Å². The van der Waals surface area contributed by atoms with Gasteiger partial charge in [0.2, 0.25) is 0 Å². The lowest BCUT2D eigenvalue weighted by atomic mass is 10.1. The number of nitrogens with one attached hydrogen (secondary N) is 1. The molecule has 206 valence electrons. The van der Waals surface area contributed by atoms with Gasteiger partial charge in [-0.1, -0.05) is 66.2 Å². The van der Waals surface area contributed by atoms with E-state index in [4.69, 9.17) is 14.2 Å². The molecule has 4 aromatic rings. The number of anilines is 1. The molecule has 4 amide bonds. The molecule has 0 spiro atoms. The van der Waals surface area contributed by atoms with Crippen LogP contribution < -0.4 is 24.4 Å². The van der Waals surface area contributed by atoms with Crippen LogP contribution in [-0.4, -0.2) is 25.0 Å². The van der Waals surface area contributed by atoms with E-state index in [0.717, 1.165) is 21.6 Å². The number of hydrogen-bond donors (Lipinski definition) is 1. The molecule has 0 saturated carbocycles. The van der Waals surface area contributed by atoms with Gasteiger partial charge >= 0.3 is 6.03 Å². The van der Waals surface area contributed by atoms with Crippen molar-refractivity contribution in [2.75, 3.05) is 12.0 Å². The van der Waals surface area contributed by atoms with Crippen molar-refractivity contribution in [2.45, 2.75) is 20.1 Å². The molecule has 4 aromatic carbocycles. The van der Waals surface area contributed by atoms with Crippen LogP contribution in [0.3, 0.4) is 0 Å². The number of rotatable bonds is 9. The smallest absolute Gasteiger partial charge is 0.335 e. The van der Waals surface area contributed by atoms with Crippen molar-refractivity contribution in [1.29, 1.82) is 0 Å². The van der Waals surface area contributed by atoms with E-state index in [1.165, 1.54) is 13.2 Å². The zero-order valence-corrected chi connectivity index (χ0v) is 22.6. The van der Waals surface area contributed by atoms with Gasteiger partial charge < -0.3 is 14.2 Å². The highest BCUT2D eigenvalue weighted by Gasteiger charge is 2.36. The van der Waals surface area contributed by atoms with Crippen LogP contribution in [0.25, 0.3) is 6.08 Å². The van der Waals surface area contributed by atoms with Gasteiger partial charge in [0.25, 0.3) is 11.8 Å². The Labute approximate surface area is 237 Å². The third-order valence-electron chi connectivity index (χ3n) is 6.46. The molecule has 0 atom stereocenters. The first-order valence-corrected chi connectivity index (χ1v) is 13.0. The molecule has 1 fully saturated rings. The summed E-state index contributed by atoms with van der Waals surface area (Å²) < 4.78 is 17.2. The molecule has 8 heteroatoms. The summed E-state index contributed by atoms with van der Waals surface area (Å²) in [4.78, 5) is 39.6. The fourth-order valence-electron chi connectivity index (χ4n) is 4.23. The third kappa shape index (κ3) is 6.45. The summed E-state index contributed by atoms with van der Waals surface area (Å²) in [5.41, 5.74) is 3.82. The minimum atomic E-state index is -0.826. The van der Waals surface area contributed by atoms with E-state index in [9.17, 15) is 14.4 Å². The number of urea groups is 1. The topological polar surface area (TPSA) is 94.2 Å². The first kappa shape index (κ1) is 27.2. The van der Waals surface area contributed by atoms with Crippen LogP contribution in [0, 0.1) is 6.92 Å². The monoisotopic (exact) mass is 548 g/mol. The number of barbiturate groups is 1. The number of carbonyl (C=O) groups is 3. The number of aryl methyl sites for hydroxylation is 1. The highest BCUT2D eigenvalue weighted by atomic mass is 16.5. The Kier molecular flexibility index (Phi) is 8.10. The van der Waals surface area contributed by atoms with Crippen molar-refractivity contribution in [3.05, 3.63) is 125 Å². The maximum atomic E-state index is 13.3. The van der Waals surface area contributed by atoms with Gasteiger partial charge in [-0.15, -0.1) is 0 Å². The number of ether oxygens (including phenoxy) is 3. The fourth-order valence-corrected chi connectivity index (χ4v) is 4.23. The molecule has 8 nitrogen and oxygen atoms in total. The minimum absolute atomic E-state index is 0.190. The predicted octanol–water partition coefficient (Wildman–Crippen LogP) is 5.83. The average molecular weight is 549 g/mol. The molecule has 1 saturated heterocycles. The molecule has 1 heterocycles. The van der Waals surface area contributed by atoms with E-state index in [-0.39, 0.29) is 5.57 Å². The van der Waals surface area contributed by atoms with Crippen molar-refractivity contribution in [3.8, 4) is 17.2 Å². The number of amides is 4. The number of nitrogens with zero attached hydrogens (tertiary/aromatic N) is 1. The van der Waals surface area contributed by atoms with E-state index >= 15 is 0 Å². The predicted molar refractivity (Wildman–Crippen MR) is 155 cm³/mol. The average Bonchev–Trinajstić information content (AvgIpc) is 2.99. The molecule has 41 heavy (non-hydrogen) atoms. The van der Waals surface area contributed by atoms with Gasteiger partial charge in [0.1, 0.15) is 24.5 Å². The van der Waals surface area contributed by atoms with Gasteiger partial charge in [0.15, 0.2) is 11.5 Å². The zero-order valence-electron chi connectivity index (χ0n) is 22.6. The van der Waals surface area contributed by atoms with Crippen LogP contribution in [0.4, 0.5) is 10.5 Å². The molecule has 1 N–H and O–H groups in total. The first-order valence-electron chi connectivity index (χ1n) is 13.0. The second-order valence-corrected chi connectivity index (χ2v) is 9.41. The number of imide groups is 2. The van der Waals surface area contributed by atoms with Gasteiger partial charge in [-0.25, -0.2) is 9.69 Å². The second-order valence-electron chi connectivity index (χ2n) is 9.41. The largest absolute Gasteiger partial charge is 0.493 e. The Balaban J connectivity index is 1.31. The molecular formula is C33H28N2O6. The highest BCUT2D eigenvalue weighted by molar-refractivity contribution is 6.39. The normalized spacial score (nSPS) is 14.1. The van der Waals surface area contributed by atoms with E-state index in [2.05, 4.69) is 5.32 Å². The molecule has 1 aliphatic rings. The molecule has 0 aliphatic carbocycles. The summed E-state index contributed by atoms with van der Waals surface area (Å²) >= 11 is 0. The number of methoxy groups -OCH3 is 1. The Morgan fingerprint density at radius 3 is 2.15 bits per heavy atom. The van der Waals surface area contributed by atoms with Crippen molar-refractivity contribution < 1.29 is 28.6 Å². The summed E-state index contributed by atoms with van der Waals surface area (Å²) in [6, 6.07) is 28.5. The Morgan fingerprint density at radius 1 is 0.756 bits per heavy atom. The molecule has 0 unspecified atom stereocenters. The molecular weight excluding hydrogens is 520 g/mol. The Bertz CT molecular complexity index is 1600. The molecule has 1 aliphatic heterocycles. The lowest BCUT2D eigenvalue weighted by Gasteiger charge is -2.26. The van der Waals surface area contributed by atoms with E-state index in [0.29, 0.717) is 41.7 Å². The molecule has 5 rings (SSSR count). The van der Waals surface area contributed by atoms with Gasteiger partial charge in [0, 0.05) is 0 Å². The van der Waals surface area contributed by atoms with Crippen molar-refractivity contribution >= 4 is 29.6 Å². The number of benzene rings is 4. The summed E-state index contributed by atoms with van der Waals surface area (Å²) in [6.07, 6.45) is 1.42.